The fraction of sp³-hybridized carbons (Fsp3) is 0.250. The van der Waals surface area contributed by atoms with Gasteiger partial charge in [0.2, 0.25) is 0 Å². The van der Waals surface area contributed by atoms with Crippen molar-refractivity contribution in [3.8, 4) is 0 Å². The molecule has 1 radical (unpaired) electrons. The van der Waals surface area contributed by atoms with Gasteiger partial charge in [0.15, 0.2) is 8.07 Å². The van der Waals surface area contributed by atoms with E-state index in [1.54, 1.807) is 0 Å². The summed E-state index contributed by atoms with van der Waals surface area (Å²) >= 11 is 0. The molecule has 1 atom stereocenters. The monoisotopic (exact) mass is 1590 g/mol. The number of pyridine rings is 1. The third kappa shape index (κ3) is 18.4. The molecule has 0 spiro atoms. The zero-order valence-corrected chi connectivity index (χ0v) is 53.6. The molecule has 2 heterocycles. The summed E-state index contributed by atoms with van der Waals surface area (Å²) in [5.41, 5.74) is -23.7. The zero-order chi connectivity index (χ0) is 70.8. The predicted molar refractivity (Wildman–Crippen MR) is 321 cm³/mol. The number of rotatable bonds is 8. The number of nitrogens with zero attached hydrogens (tertiary/aromatic N) is 2. The van der Waals surface area contributed by atoms with Gasteiger partial charge in [-0.2, -0.15) is 127 Å². The van der Waals surface area contributed by atoms with E-state index in [2.05, 4.69) is 140 Å². The molecule has 0 bridgehead atoms. The van der Waals surface area contributed by atoms with Gasteiger partial charge < -0.3 is 0 Å². The Labute approximate surface area is 554 Å². The minimum Gasteiger partial charge on any atom is -0.256 e. The van der Waals surface area contributed by atoms with E-state index in [4.69, 9.17) is 4.98 Å². The number of benzene rings is 7. The normalized spacial score (nSPS) is 15.7. The van der Waals surface area contributed by atoms with E-state index < -0.39 is 203 Å². The number of fused-ring (bicyclic) bond motifs is 1. The van der Waals surface area contributed by atoms with Crippen molar-refractivity contribution in [3.05, 3.63) is 261 Å². The van der Waals surface area contributed by atoms with E-state index in [1.807, 2.05) is 0 Å². The summed E-state index contributed by atoms with van der Waals surface area (Å²) in [6.45, 7) is 4.35. The smallest absolute Gasteiger partial charge is 0.256 e. The number of anilines is 1. The molecule has 10 rings (SSSR count). The molecule has 97 heavy (non-hydrogen) atoms. The van der Waals surface area contributed by atoms with Crippen LogP contribution in [0.2, 0.25) is 0 Å². The number of allylic oxidation sites excluding steroid dienone is 4. The van der Waals surface area contributed by atoms with Crippen LogP contribution >= 0.6 is 8.07 Å². The quantitative estimate of drug-likeness (QED) is 0.0652. The first-order valence-corrected chi connectivity index (χ1v) is 30.4. The van der Waals surface area contributed by atoms with Crippen molar-refractivity contribution in [1.29, 1.82) is 0 Å². The standard InChI is InChI=1S/C32H12BF24.C28H27N2P.C8H12.Ir/c34-25(35,36)13-1-14(26(37,38)39)6-21(5-13)33(22-7-15(27(40,41)42)2-16(8-22)28(43,44)45,23-9-17(29(46,47)48)3-18(10-23)30(49,50)51)24-11-19(31(52,53)54)4-20(12-24)32(55,56)57;1-21-11-9-13-23-19-20-27(26-18-10-12-22(2)29-26)30(28(21)23)31(24-14-5-3-6-15-24)25-16-7-4-8-17-25;1-2-4-6-8-7-5-3-1;/h1-12H;3-18,27H,19-20H2,1-2H3;1-2,7-8H,3-6H2;/q-1;;;/p+1/b;;2-1-,8-7-;/t;27-;;/m.0../s1. The first-order chi connectivity index (χ1) is 44.5. The first kappa shape index (κ1) is 76.8. The number of para-hydroxylation sites is 1. The number of hydrogen-bond donors (Lipinski definition) is 0. The Bertz CT molecular complexity index is 3570. The minimum atomic E-state index is -6.13. The summed E-state index contributed by atoms with van der Waals surface area (Å²) in [5.74, 6) is 0. The molecule has 1 aliphatic heterocycles. The number of aryl methyl sites for hydroxylation is 3. The van der Waals surface area contributed by atoms with E-state index in [0.717, 1.165) is 18.5 Å². The Hall–Kier alpha value is -7.57. The largest absolute Gasteiger partial charge is 0.416 e. The molecular weight excluding hydrogens is 1530 g/mol. The maximum absolute atomic E-state index is 14.2. The van der Waals surface area contributed by atoms with Crippen LogP contribution in [0.4, 0.5) is 111 Å². The van der Waals surface area contributed by atoms with Gasteiger partial charge in [-0.05, 0) is 124 Å². The van der Waals surface area contributed by atoms with E-state index in [1.165, 1.54) is 58.8 Å². The second-order valence-corrected chi connectivity index (χ2v) is 24.9. The van der Waals surface area contributed by atoms with Crippen LogP contribution in [0.15, 0.2) is 194 Å². The van der Waals surface area contributed by atoms with Crippen molar-refractivity contribution in [2.45, 2.75) is 108 Å². The molecule has 8 aromatic rings. The van der Waals surface area contributed by atoms with Gasteiger partial charge in [-0.3, -0.25) is 4.98 Å². The van der Waals surface area contributed by atoms with Crippen LogP contribution in [-0.2, 0) is 75.9 Å². The Morgan fingerprint density at radius 2 is 0.649 bits per heavy atom. The molecule has 0 saturated carbocycles. The second kappa shape index (κ2) is 29.5. The third-order valence-corrected chi connectivity index (χ3v) is 18.7. The summed E-state index contributed by atoms with van der Waals surface area (Å²) in [6, 6.07) is 26.8. The average molecular weight is 1590 g/mol. The van der Waals surface area contributed by atoms with Gasteiger partial charge in [-0.1, -0.05) is 133 Å². The van der Waals surface area contributed by atoms with Crippen molar-refractivity contribution in [2.75, 3.05) is 4.67 Å². The molecule has 29 heteroatoms. The molecule has 2 aliphatic rings. The molecule has 519 valence electrons. The van der Waals surface area contributed by atoms with Crippen LogP contribution in [0, 0.1) is 13.8 Å². The maximum Gasteiger partial charge on any atom is 0.416 e. The minimum absolute atomic E-state index is 0. The molecule has 0 unspecified atom stereocenters. The molecule has 1 aliphatic carbocycles. The summed E-state index contributed by atoms with van der Waals surface area (Å²) in [5, 5.41) is 2.82. The molecule has 0 N–H and O–H groups in total. The average Bonchev–Trinajstić information content (AvgIpc) is 0.710. The topological polar surface area (TPSA) is 16.1 Å². The van der Waals surface area contributed by atoms with Crippen molar-refractivity contribution in [3.63, 3.8) is 0 Å². The van der Waals surface area contributed by atoms with Crippen molar-refractivity contribution in [1.82, 2.24) is 4.98 Å². The van der Waals surface area contributed by atoms with Crippen molar-refractivity contribution < 1.29 is 125 Å². The summed E-state index contributed by atoms with van der Waals surface area (Å²) in [4.78, 5) is 4.99. The molecule has 7 aromatic carbocycles. The van der Waals surface area contributed by atoms with Gasteiger partial charge in [-0.25, -0.2) is 4.67 Å². The molecule has 1 aromatic heterocycles. The molecular formula is C68H52BF24IrN2P. The fourth-order valence-corrected chi connectivity index (χ4v) is 14.7. The van der Waals surface area contributed by atoms with E-state index in [-0.39, 0.29) is 26.1 Å². The predicted octanol–water partition coefficient (Wildman–Crippen LogP) is 19.9. The summed E-state index contributed by atoms with van der Waals surface area (Å²) < 4.78 is 344. The van der Waals surface area contributed by atoms with Crippen LogP contribution in [-0.4, -0.2) is 11.1 Å². The van der Waals surface area contributed by atoms with Crippen LogP contribution < -0.4 is 37.1 Å². The van der Waals surface area contributed by atoms with Gasteiger partial charge in [0.05, 0.1) is 55.9 Å². The van der Waals surface area contributed by atoms with Gasteiger partial charge in [0, 0.05) is 25.8 Å². The Morgan fingerprint density at radius 1 is 0.361 bits per heavy atom. The Morgan fingerprint density at radius 3 is 0.928 bits per heavy atom. The molecule has 0 fully saturated rings. The van der Waals surface area contributed by atoms with Gasteiger partial charge in [-0.15, -0.1) is 0 Å². The van der Waals surface area contributed by atoms with Crippen molar-refractivity contribution in [2.24, 2.45) is 0 Å². The zero-order valence-electron chi connectivity index (χ0n) is 50.2. The number of halogens is 24. The van der Waals surface area contributed by atoms with Crippen LogP contribution in [0.25, 0.3) is 0 Å². The van der Waals surface area contributed by atoms with Crippen molar-refractivity contribution >= 4 is 52.4 Å². The SMILES string of the molecule is C1=C\CC/C=C\CC/1.Cc1cccc([C@@H]2CCc3cccc(C)c3N2[PH+](c2ccccc2)c2ccccc2)n1.FC(F)(F)c1cc([B-](c2cc(C(F)(F)F)cc(C(F)(F)F)c2)(c2cc(C(F)(F)F)cc(C(F)(F)F)c2)c2cc(C(F)(F)F)cc(C(F)(F)F)c2)cc(C(F)(F)F)c1.[Ir]. The second-order valence-electron chi connectivity index (χ2n) is 22.6. The summed E-state index contributed by atoms with van der Waals surface area (Å²) in [6.07, 6.45) is -38.6. The van der Waals surface area contributed by atoms with Crippen LogP contribution in [0.3, 0.4) is 0 Å². The first-order valence-electron chi connectivity index (χ1n) is 28.9. The van der Waals surface area contributed by atoms with E-state index in [9.17, 15) is 105 Å². The van der Waals surface area contributed by atoms with Crippen LogP contribution in [0.5, 0.6) is 0 Å². The third-order valence-electron chi connectivity index (χ3n) is 15.9. The van der Waals surface area contributed by atoms with Gasteiger partial charge in [0.25, 0.3) is 0 Å². The maximum atomic E-state index is 14.2. The Kier molecular flexibility index (Phi) is 23.3. The number of aromatic nitrogens is 1. The summed E-state index contributed by atoms with van der Waals surface area (Å²) in [7, 11) is -1.25. The van der Waals surface area contributed by atoms with E-state index in [0.29, 0.717) is 0 Å². The molecule has 0 amide bonds. The fourth-order valence-electron chi connectivity index (χ4n) is 11.7. The van der Waals surface area contributed by atoms with Gasteiger partial charge in [0.1, 0.15) is 22.8 Å². The van der Waals surface area contributed by atoms with E-state index >= 15 is 0 Å². The molecule has 2 nitrogen and oxygen atoms in total. The van der Waals surface area contributed by atoms with Crippen LogP contribution in [0.1, 0.15) is 105 Å². The Balaban J connectivity index is 0.000000273. The number of alkyl halides is 24. The number of hydrogen-bond acceptors (Lipinski definition) is 2. The molecule has 0 saturated heterocycles. The van der Waals surface area contributed by atoms with Gasteiger partial charge >= 0.3 is 49.4 Å².